The Labute approximate surface area is 149 Å². The zero-order chi connectivity index (χ0) is 17.6. The van der Waals surface area contributed by atoms with E-state index < -0.39 is 6.29 Å². The molecule has 1 aromatic rings. The Hall–Kier alpha value is -1.85. The number of nitrogens with one attached hydrogen (secondary N) is 1. The Kier molecular flexibility index (Phi) is 6.10. The first-order valence-corrected chi connectivity index (χ1v) is 9.20. The first-order valence-electron chi connectivity index (χ1n) is 9.20. The number of hydrogen-bond acceptors (Lipinski definition) is 4. The molecule has 2 aliphatic rings. The summed E-state index contributed by atoms with van der Waals surface area (Å²) in [6.45, 7) is 2.63. The van der Waals surface area contributed by atoms with Crippen molar-refractivity contribution in [3.05, 3.63) is 42.2 Å². The molecule has 0 bridgehead atoms. The molecular weight excluding hydrogens is 318 g/mol. The molecule has 5 heteroatoms. The summed E-state index contributed by atoms with van der Waals surface area (Å²) in [5.74, 6) is 1.16. The number of ether oxygens (including phenoxy) is 2. The molecule has 5 nitrogen and oxygen atoms in total. The Morgan fingerprint density at radius 2 is 2.08 bits per heavy atom. The number of allylic oxidation sites excluding steroid dienone is 1. The van der Waals surface area contributed by atoms with E-state index in [4.69, 9.17) is 9.47 Å². The van der Waals surface area contributed by atoms with Gasteiger partial charge in [-0.3, -0.25) is 4.79 Å². The zero-order valence-electron chi connectivity index (χ0n) is 14.7. The summed E-state index contributed by atoms with van der Waals surface area (Å²) in [6.07, 6.45) is 5.48. The zero-order valence-corrected chi connectivity index (χ0v) is 14.7. The van der Waals surface area contributed by atoms with Gasteiger partial charge in [0, 0.05) is 24.8 Å². The van der Waals surface area contributed by atoms with Crippen LogP contribution in [0.2, 0.25) is 0 Å². The van der Waals surface area contributed by atoms with E-state index in [2.05, 4.69) is 5.32 Å². The lowest BCUT2D eigenvalue weighted by molar-refractivity contribution is -0.172. The highest BCUT2D eigenvalue weighted by Gasteiger charge is 2.43. The summed E-state index contributed by atoms with van der Waals surface area (Å²) in [7, 11) is 0. The van der Waals surface area contributed by atoms with Crippen LogP contribution in [0.1, 0.15) is 32.6 Å². The van der Waals surface area contributed by atoms with Gasteiger partial charge in [-0.25, -0.2) is 0 Å². The van der Waals surface area contributed by atoms with Crippen molar-refractivity contribution in [1.82, 2.24) is 0 Å². The number of carbonyl (C=O) groups excluding carboxylic acids is 1. The molecule has 1 aliphatic carbocycles. The lowest BCUT2D eigenvalue weighted by Crippen LogP contribution is -2.39. The van der Waals surface area contributed by atoms with Crippen LogP contribution >= 0.6 is 0 Å². The van der Waals surface area contributed by atoms with Crippen LogP contribution in [0, 0.1) is 17.8 Å². The highest BCUT2D eigenvalue weighted by molar-refractivity contribution is 6.02. The highest BCUT2D eigenvalue weighted by atomic mass is 16.7. The molecule has 136 valence electrons. The number of anilines is 1. The van der Waals surface area contributed by atoms with Crippen LogP contribution in [-0.2, 0) is 14.3 Å². The van der Waals surface area contributed by atoms with Crippen molar-refractivity contribution in [1.29, 1.82) is 0 Å². The summed E-state index contributed by atoms with van der Waals surface area (Å²) in [5.41, 5.74) is 0.746. The van der Waals surface area contributed by atoms with Crippen molar-refractivity contribution in [2.45, 2.75) is 38.9 Å². The van der Waals surface area contributed by atoms with Crippen LogP contribution in [0.15, 0.2) is 42.2 Å². The predicted octanol–water partition coefficient (Wildman–Crippen LogP) is 3.32. The molecule has 0 spiro atoms. The molecule has 1 amide bonds. The van der Waals surface area contributed by atoms with Crippen LogP contribution in [-0.4, -0.2) is 30.5 Å². The summed E-state index contributed by atoms with van der Waals surface area (Å²) in [5, 5.41) is 12.1. The molecule has 1 aliphatic heterocycles. The van der Waals surface area contributed by atoms with Crippen LogP contribution in [0.4, 0.5) is 5.69 Å². The van der Waals surface area contributed by atoms with Crippen molar-refractivity contribution in [2.24, 2.45) is 17.8 Å². The highest BCUT2D eigenvalue weighted by Crippen LogP contribution is 2.47. The summed E-state index contributed by atoms with van der Waals surface area (Å²) >= 11 is 0. The van der Waals surface area contributed by atoms with Crippen molar-refractivity contribution >= 4 is 11.6 Å². The molecule has 3 rings (SSSR count). The van der Waals surface area contributed by atoms with Crippen LogP contribution in [0.25, 0.3) is 0 Å². The molecule has 0 radical (unpaired) electrons. The Bertz CT molecular complexity index is 597. The molecule has 2 N–H and O–H groups in total. The molecule has 1 heterocycles. The van der Waals surface area contributed by atoms with Crippen molar-refractivity contribution < 1.29 is 19.4 Å². The van der Waals surface area contributed by atoms with Crippen LogP contribution in [0.5, 0.6) is 0 Å². The summed E-state index contributed by atoms with van der Waals surface area (Å²) in [4.78, 5) is 12.6. The second-order valence-electron chi connectivity index (χ2n) is 6.74. The summed E-state index contributed by atoms with van der Waals surface area (Å²) in [6, 6.07) is 9.37. The van der Waals surface area contributed by atoms with Gasteiger partial charge >= 0.3 is 0 Å². The van der Waals surface area contributed by atoms with Crippen molar-refractivity contribution in [3.63, 3.8) is 0 Å². The Balaban J connectivity index is 1.77. The minimum Gasteiger partial charge on any atom is -0.459 e. The minimum absolute atomic E-state index is 0.164. The van der Waals surface area contributed by atoms with Gasteiger partial charge in [0.15, 0.2) is 5.76 Å². The lowest BCUT2D eigenvalue weighted by atomic mass is 9.82. The van der Waals surface area contributed by atoms with E-state index in [1.165, 1.54) is 12.8 Å². The molecule has 0 saturated heterocycles. The molecule has 3 atom stereocenters. The topological polar surface area (TPSA) is 67.8 Å². The van der Waals surface area contributed by atoms with E-state index in [0.717, 1.165) is 18.5 Å². The number of rotatable bonds is 8. The molecule has 1 saturated carbocycles. The standard InChI is InChI=1S/C20H27NO4/c1-2-24-20-16(9-6-12-22)17(14-10-11-14)13-18(25-20)19(23)21-15-7-4-3-5-8-15/h3-5,7-8,13-14,16-17,20,22H,2,6,9-12H2,1H3,(H,21,23)/t16-,17-,20-/m1/s1. The molecule has 0 unspecified atom stereocenters. The van der Waals surface area contributed by atoms with Crippen LogP contribution < -0.4 is 5.32 Å². The second kappa shape index (κ2) is 8.50. The maximum absolute atomic E-state index is 12.6. The fourth-order valence-electron chi connectivity index (χ4n) is 3.52. The normalized spacial score (nSPS) is 25.8. The third-order valence-corrected chi connectivity index (χ3v) is 4.88. The van der Waals surface area contributed by atoms with Gasteiger partial charge in [0.25, 0.3) is 5.91 Å². The fourth-order valence-corrected chi connectivity index (χ4v) is 3.52. The average molecular weight is 345 g/mol. The van der Waals surface area contributed by atoms with Gasteiger partial charge in [0.2, 0.25) is 6.29 Å². The SMILES string of the molecule is CCO[C@@H]1OC(C(=O)Nc2ccccc2)=C[C@H](C2CC2)[C@H]1CCCO. The first kappa shape index (κ1) is 18.0. The van der Waals surface area contributed by atoms with Crippen molar-refractivity contribution in [3.8, 4) is 0 Å². The van der Waals surface area contributed by atoms with E-state index in [-0.39, 0.29) is 24.3 Å². The van der Waals surface area contributed by atoms with E-state index in [1.807, 2.05) is 43.3 Å². The van der Waals surface area contributed by atoms with Gasteiger partial charge in [-0.2, -0.15) is 0 Å². The van der Waals surface area contributed by atoms with E-state index in [1.54, 1.807) is 0 Å². The number of carbonyl (C=O) groups is 1. The monoisotopic (exact) mass is 345 g/mol. The van der Waals surface area contributed by atoms with E-state index in [9.17, 15) is 9.90 Å². The van der Waals surface area contributed by atoms with E-state index >= 15 is 0 Å². The molecule has 1 aromatic carbocycles. The maximum atomic E-state index is 12.6. The second-order valence-corrected chi connectivity index (χ2v) is 6.74. The lowest BCUT2D eigenvalue weighted by Gasteiger charge is -2.37. The quantitative estimate of drug-likeness (QED) is 0.758. The smallest absolute Gasteiger partial charge is 0.290 e. The number of hydrogen-bond donors (Lipinski definition) is 2. The van der Waals surface area contributed by atoms with E-state index in [0.29, 0.717) is 18.3 Å². The van der Waals surface area contributed by atoms with Gasteiger partial charge in [-0.05, 0) is 62.7 Å². The number of aliphatic hydroxyl groups excluding tert-OH is 1. The van der Waals surface area contributed by atoms with Gasteiger partial charge in [-0.1, -0.05) is 18.2 Å². The molecule has 25 heavy (non-hydrogen) atoms. The third kappa shape index (κ3) is 4.61. The number of benzene rings is 1. The maximum Gasteiger partial charge on any atom is 0.290 e. The largest absolute Gasteiger partial charge is 0.459 e. The summed E-state index contributed by atoms with van der Waals surface area (Å²) < 4.78 is 11.7. The van der Waals surface area contributed by atoms with Gasteiger partial charge in [-0.15, -0.1) is 0 Å². The Morgan fingerprint density at radius 3 is 2.72 bits per heavy atom. The van der Waals surface area contributed by atoms with Gasteiger partial charge in [0.05, 0.1) is 0 Å². The molecular formula is C20H27NO4. The van der Waals surface area contributed by atoms with Gasteiger partial charge in [0.1, 0.15) is 0 Å². The first-order chi connectivity index (χ1) is 12.2. The number of para-hydroxylation sites is 1. The van der Waals surface area contributed by atoms with Crippen molar-refractivity contribution in [2.75, 3.05) is 18.5 Å². The van der Waals surface area contributed by atoms with Crippen LogP contribution in [0.3, 0.4) is 0 Å². The molecule has 0 aromatic heterocycles. The van der Waals surface area contributed by atoms with Gasteiger partial charge < -0.3 is 19.9 Å². The molecule has 1 fully saturated rings. The number of amides is 1. The average Bonchev–Trinajstić information content (AvgIpc) is 3.46. The third-order valence-electron chi connectivity index (χ3n) is 4.88. The Morgan fingerprint density at radius 1 is 1.32 bits per heavy atom. The fraction of sp³-hybridized carbons (Fsp3) is 0.550. The predicted molar refractivity (Wildman–Crippen MR) is 95.7 cm³/mol. The minimum atomic E-state index is -0.427. The number of aliphatic hydroxyl groups is 1.